The summed E-state index contributed by atoms with van der Waals surface area (Å²) in [5.41, 5.74) is 4.71. The molecule has 1 aromatic heterocycles. The number of halogens is 1. The molecule has 0 saturated carbocycles. The summed E-state index contributed by atoms with van der Waals surface area (Å²) in [6, 6.07) is 13.0. The number of fused-ring (bicyclic) bond motifs is 1. The molecular formula is C20H20FN5O2S. The van der Waals surface area contributed by atoms with Gasteiger partial charge in [0.15, 0.2) is 5.82 Å². The Bertz CT molecular complexity index is 1020. The molecule has 1 amide bonds. The normalized spacial score (nSPS) is 17.9. The van der Waals surface area contributed by atoms with Gasteiger partial charge < -0.3 is 15.5 Å². The number of nitrogens with zero attached hydrogens (tertiary/aromatic N) is 3. The molecule has 3 aromatic rings. The van der Waals surface area contributed by atoms with Gasteiger partial charge in [-0.05, 0) is 29.8 Å². The fourth-order valence-corrected chi connectivity index (χ4v) is 4.30. The molecule has 9 heteroatoms. The summed E-state index contributed by atoms with van der Waals surface area (Å²) in [5.74, 6) is 0.799. The first-order valence-corrected chi connectivity index (χ1v) is 10.1. The highest BCUT2D eigenvalue weighted by Gasteiger charge is 2.37. The average Bonchev–Trinajstić information content (AvgIpc) is 3.16. The molecule has 2 atom stereocenters. The highest BCUT2D eigenvalue weighted by Crippen LogP contribution is 2.38. The molecule has 0 radical (unpaired) electrons. The second-order valence-corrected chi connectivity index (χ2v) is 7.58. The van der Waals surface area contributed by atoms with Crippen molar-refractivity contribution >= 4 is 23.4 Å². The van der Waals surface area contributed by atoms with Crippen LogP contribution in [0.15, 0.2) is 53.7 Å². The van der Waals surface area contributed by atoms with Gasteiger partial charge >= 0.3 is 0 Å². The maximum atomic E-state index is 13.4. The van der Waals surface area contributed by atoms with E-state index in [0.717, 1.165) is 11.4 Å². The van der Waals surface area contributed by atoms with Crippen LogP contribution in [-0.2, 0) is 11.2 Å². The Morgan fingerprint density at radius 1 is 1.24 bits per heavy atom. The van der Waals surface area contributed by atoms with E-state index in [1.807, 2.05) is 19.1 Å². The molecule has 150 valence electrons. The molecule has 0 unspecified atom stereocenters. The topological polar surface area (TPSA) is 81.1 Å². The van der Waals surface area contributed by atoms with Crippen molar-refractivity contribution < 1.29 is 13.9 Å². The van der Waals surface area contributed by atoms with Gasteiger partial charge in [-0.15, -0.1) is 10.2 Å². The molecule has 2 aromatic carbocycles. The number of benzene rings is 2. The lowest BCUT2D eigenvalue weighted by molar-refractivity contribution is -0.116. The number of anilines is 1. The van der Waals surface area contributed by atoms with Crippen molar-refractivity contribution in [2.75, 3.05) is 17.9 Å². The van der Waals surface area contributed by atoms with Crippen molar-refractivity contribution in [1.29, 1.82) is 0 Å². The molecule has 0 saturated heterocycles. The predicted molar refractivity (Wildman–Crippen MR) is 109 cm³/mol. The number of amides is 1. The van der Waals surface area contributed by atoms with Gasteiger partial charge in [-0.3, -0.25) is 4.79 Å². The van der Waals surface area contributed by atoms with E-state index in [-0.39, 0.29) is 11.7 Å². The van der Waals surface area contributed by atoms with Gasteiger partial charge in [-0.1, -0.05) is 43.0 Å². The monoisotopic (exact) mass is 413 g/mol. The second kappa shape index (κ2) is 8.12. The van der Waals surface area contributed by atoms with Gasteiger partial charge in [-0.2, -0.15) is 0 Å². The third-order valence-corrected chi connectivity index (χ3v) is 5.89. The third-order valence-electron chi connectivity index (χ3n) is 4.67. The van der Waals surface area contributed by atoms with Crippen LogP contribution in [0.1, 0.15) is 24.4 Å². The first-order valence-electron chi connectivity index (χ1n) is 9.17. The van der Waals surface area contributed by atoms with E-state index in [2.05, 4.69) is 20.9 Å². The van der Waals surface area contributed by atoms with Gasteiger partial charge in [0.05, 0.1) is 18.8 Å². The van der Waals surface area contributed by atoms with Gasteiger partial charge in [0.1, 0.15) is 16.8 Å². The van der Waals surface area contributed by atoms with E-state index in [1.165, 1.54) is 23.9 Å². The Morgan fingerprint density at radius 2 is 2.00 bits per heavy atom. The molecule has 1 aliphatic heterocycles. The zero-order chi connectivity index (χ0) is 20.4. The van der Waals surface area contributed by atoms with Crippen molar-refractivity contribution in [1.82, 2.24) is 14.9 Å². The van der Waals surface area contributed by atoms with Crippen molar-refractivity contribution in [3.8, 4) is 5.75 Å². The molecule has 0 spiro atoms. The van der Waals surface area contributed by atoms with Gasteiger partial charge in [0.25, 0.3) is 0 Å². The number of carbonyl (C=O) groups is 1. The lowest BCUT2D eigenvalue weighted by atomic mass is 10.0. The minimum absolute atomic E-state index is 0.214. The van der Waals surface area contributed by atoms with Crippen LogP contribution in [0, 0.1) is 5.82 Å². The summed E-state index contributed by atoms with van der Waals surface area (Å²) in [7, 11) is 1.55. The third kappa shape index (κ3) is 3.77. The second-order valence-electron chi connectivity index (χ2n) is 6.47. The Morgan fingerprint density at radius 3 is 2.72 bits per heavy atom. The van der Waals surface area contributed by atoms with E-state index < -0.39 is 11.3 Å². The van der Waals surface area contributed by atoms with E-state index in [4.69, 9.17) is 4.74 Å². The van der Waals surface area contributed by atoms with E-state index in [1.54, 1.807) is 36.1 Å². The molecule has 1 aliphatic rings. The number of methoxy groups -OCH3 is 1. The van der Waals surface area contributed by atoms with Crippen molar-refractivity contribution in [2.24, 2.45) is 0 Å². The SMILES string of the molecule is CCc1nnc2n1N[C@@H](c1ccc(F)cc1)[C@@H](C(=O)Nc1ccccc1OC)S2. The van der Waals surface area contributed by atoms with Crippen LogP contribution in [0.3, 0.4) is 0 Å². The molecule has 0 bridgehead atoms. The number of rotatable bonds is 5. The number of carbonyl (C=O) groups excluding carboxylic acids is 1. The summed E-state index contributed by atoms with van der Waals surface area (Å²) in [4.78, 5) is 13.2. The van der Waals surface area contributed by atoms with E-state index in [0.29, 0.717) is 23.0 Å². The largest absolute Gasteiger partial charge is 0.495 e. The summed E-state index contributed by atoms with van der Waals surface area (Å²) in [5, 5.41) is 11.4. The summed E-state index contributed by atoms with van der Waals surface area (Å²) < 4.78 is 20.6. The van der Waals surface area contributed by atoms with Crippen LogP contribution in [0.25, 0.3) is 0 Å². The van der Waals surface area contributed by atoms with Crippen LogP contribution in [-0.4, -0.2) is 33.1 Å². The number of aromatic nitrogens is 3. The summed E-state index contributed by atoms with van der Waals surface area (Å²) in [6.45, 7) is 1.98. The highest BCUT2D eigenvalue weighted by atomic mass is 32.2. The number of hydrogen-bond acceptors (Lipinski definition) is 6. The predicted octanol–water partition coefficient (Wildman–Crippen LogP) is 3.39. The first kappa shape index (κ1) is 19.3. The fourth-order valence-electron chi connectivity index (χ4n) is 3.20. The molecule has 0 fully saturated rings. The van der Waals surface area contributed by atoms with Crippen LogP contribution in [0.5, 0.6) is 5.75 Å². The molecule has 2 N–H and O–H groups in total. The minimum atomic E-state index is -0.549. The van der Waals surface area contributed by atoms with Crippen LogP contribution >= 0.6 is 11.8 Å². The van der Waals surface area contributed by atoms with Crippen molar-refractivity contribution in [3.63, 3.8) is 0 Å². The van der Waals surface area contributed by atoms with E-state index >= 15 is 0 Å². The van der Waals surface area contributed by atoms with Gasteiger partial charge in [0.2, 0.25) is 11.1 Å². The zero-order valence-corrected chi connectivity index (χ0v) is 16.7. The Labute approximate surface area is 171 Å². The smallest absolute Gasteiger partial charge is 0.240 e. The lowest BCUT2D eigenvalue weighted by Crippen LogP contribution is -2.41. The molecular weight excluding hydrogens is 393 g/mol. The van der Waals surface area contributed by atoms with Gasteiger partial charge in [0, 0.05) is 6.42 Å². The Kier molecular flexibility index (Phi) is 5.39. The standard InChI is InChI=1S/C20H20FN5O2S/c1-3-16-23-24-20-26(16)25-17(12-8-10-13(21)11-9-12)18(29-20)19(27)22-14-6-4-5-7-15(14)28-2/h4-11,17-18,25H,3H2,1-2H3,(H,22,27)/t17-,18-/m0/s1. The maximum absolute atomic E-state index is 13.4. The van der Waals surface area contributed by atoms with Crippen molar-refractivity contribution in [3.05, 3.63) is 65.7 Å². The highest BCUT2D eigenvalue weighted by molar-refractivity contribution is 8.00. The van der Waals surface area contributed by atoms with Crippen LogP contribution < -0.4 is 15.5 Å². The summed E-state index contributed by atoms with van der Waals surface area (Å²) >= 11 is 1.32. The Balaban J connectivity index is 1.68. The Hall–Kier alpha value is -3.07. The average molecular weight is 413 g/mol. The maximum Gasteiger partial charge on any atom is 0.240 e. The van der Waals surface area contributed by atoms with Crippen LogP contribution in [0.4, 0.5) is 10.1 Å². The quantitative estimate of drug-likeness (QED) is 0.667. The molecule has 29 heavy (non-hydrogen) atoms. The van der Waals surface area contributed by atoms with Crippen molar-refractivity contribution in [2.45, 2.75) is 29.8 Å². The number of ether oxygens (including phenoxy) is 1. The number of hydrogen-bond donors (Lipinski definition) is 2. The van der Waals surface area contributed by atoms with Crippen LogP contribution in [0.2, 0.25) is 0 Å². The first-order chi connectivity index (χ1) is 14.1. The number of thioether (sulfide) groups is 1. The lowest BCUT2D eigenvalue weighted by Gasteiger charge is -2.33. The van der Waals surface area contributed by atoms with Gasteiger partial charge in [-0.25, -0.2) is 9.07 Å². The fraction of sp³-hybridized carbons (Fsp3) is 0.250. The minimum Gasteiger partial charge on any atom is -0.495 e. The zero-order valence-electron chi connectivity index (χ0n) is 15.9. The number of para-hydroxylation sites is 2. The summed E-state index contributed by atoms with van der Waals surface area (Å²) in [6.07, 6.45) is 0.689. The molecule has 7 nitrogen and oxygen atoms in total. The molecule has 4 rings (SSSR count). The molecule has 0 aliphatic carbocycles. The number of aryl methyl sites for hydroxylation is 1. The number of nitrogens with one attached hydrogen (secondary N) is 2. The van der Waals surface area contributed by atoms with E-state index in [9.17, 15) is 9.18 Å². The molecule has 2 heterocycles.